The van der Waals surface area contributed by atoms with Crippen molar-refractivity contribution in [1.82, 2.24) is 10.2 Å². The zero-order valence-electron chi connectivity index (χ0n) is 17.9. The second-order valence-corrected chi connectivity index (χ2v) is 9.87. The lowest BCUT2D eigenvalue weighted by Gasteiger charge is -2.23. The van der Waals surface area contributed by atoms with E-state index in [1.165, 1.54) is 5.69 Å². The van der Waals surface area contributed by atoms with Crippen LogP contribution in [-0.4, -0.2) is 50.2 Å². The zero-order valence-corrected chi connectivity index (χ0v) is 20.4. The SMILES string of the molecule is O=C(NCCCCN1CCCN(c2csc3cc(F)ccc23)CC1)Nc1ccc(Br)cc1. The van der Waals surface area contributed by atoms with Crippen molar-refractivity contribution < 1.29 is 9.18 Å². The van der Waals surface area contributed by atoms with Crippen molar-refractivity contribution >= 4 is 54.8 Å². The van der Waals surface area contributed by atoms with Gasteiger partial charge in [0, 0.05) is 51.8 Å². The van der Waals surface area contributed by atoms with Gasteiger partial charge in [0.25, 0.3) is 0 Å². The molecule has 1 fully saturated rings. The molecule has 170 valence electrons. The van der Waals surface area contributed by atoms with Gasteiger partial charge in [0.1, 0.15) is 5.82 Å². The van der Waals surface area contributed by atoms with Crippen molar-refractivity contribution in [3.05, 3.63) is 58.1 Å². The first-order valence-corrected chi connectivity index (χ1v) is 12.7. The number of anilines is 2. The summed E-state index contributed by atoms with van der Waals surface area (Å²) in [6, 6.07) is 12.4. The summed E-state index contributed by atoms with van der Waals surface area (Å²) < 4.78 is 15.5. The number of hydrogen-bond donors (Lipinski definition) is 2. The topological polar surface area (TPSA) is 47.6 Å². The lowest BCUT2D eigenvalue weighted by molar-refractivity contribution is 0.251. The van der Waals surface area contributed by atoms with Gasteiger partial charge in [-0.3, -0.25) is 0 Å². The first-order chi connectivity index (χ1) is 15.6. The predicted molar refractivity (Wildman–Crippen MR) is 135 cm³/mol. The Bertz CT molecular complexity index is 1040. The number of thiophene rings is 1. The first-order valence-electron chi connectivity index (χ1n) is 11.0. The molecule has 0 unspecified atom stereocenters. The Balaban J connectivity index is 1.16. The molecule has 1 aliphatic rings. The smallest absolute Gasteiger partial charge is 0.319 e. The van der Waals surface area contributed by atoms with Gasteiger partial charge in [-0.05, 0) is 74.8 Å². The monoisotopic (exact) mass is 518 g/mol. The molecule has 2 amide bonds. The van der Waals surface area contributed by atoms with Crippen LogP contribution < -0.4 is 15.5 Å². The Morgan fingerprint density at radius 2 is 1.91 bits per heavy atom. The summed E-state index contributed by atoms with van der Waals surface area (Å²) in [6.07, 6.45) is 3.13. The molecule has 0 atom stereocenters. The molecule has 2 N–H and O–H groups in total. The molecule has 1 saturated heterocycles. The van der Waals surface area contributed by atoms with Gasteiger partial charge >= 0.3 is 6.03 Å². The molecule has 8 heteroatoms. The van der Waals surface area contributed by atoms with Gasteiger partial charge in [0.15, 0.2) is 0 Å². The van der Waals surface area contributed by atoms with Crippen molar-refractivity contribution in [1.29, 1.82) is 0 Å². The van der Waals surface area contributed by atoms with Crippen molar-refractivity contribution in [3.8, 4) is 0 Å². The van der Waals surface area contributed by atoms with Crippen LogP contribution in [0.4, 0.5) is 20.6 Å². The molecule has 3 aromatic rings. The largest absolute Gasteiger partial charge is 0.369 e. The minimum atomic E-state index is -0.173. The molecule has 2 aromatic carbocycles. The van der Waals surface area contributed by atoms with Gasteiger partial charge in [-0.1, -0.05) is 15.9 Å². The molecule has 4 rings (SSSR count). The number of halogens is 2. The number of carbonyl (C=O) groups is 1. The maximum absolute atomic E-state index is 13.5. The van der Waals surface area contributed by atoms with Crippen molar-refractivity contribution in [2.45, 2.75) is 19.3 Å². The van der Waals surface area contributed by atoms with Crippen molar-refractivity contribution in [3.63, 3.8) is 0 Å². The van der Waals surface area contributed by atoms with E-state index < -0.39 is 0 Å². The maximum atomic E-state index is 13.5. The lowest BCUT2D eigenvalue weighted by atomic mass is 10.2. The van der Waals surface area contributed by atoms with Crippen molar-refractivity contribution in [2.75, 3.05) is 49.5 Å². The molecule has 0 radical (unpaired) electrons. The second kappa shape index (κ2) is 11.1. The van der Waals surface area contributed by atoms with Crippen molar-refractivity contribution in [2.24, 2.45) is 0 Å². The first kappa shape index (κ1) is 23.0. The number of nitrogens with one attached hydrogen (secondary N) is 2. The highest BCUT2D eigenvalue weighted by molar-refractivity contribution is 9.10. The highest BCUT2D eigenvalue weighted by Gasteiger charge is 2.17. The Kier molecular flexibility index (Phi) is 8.00. The van der Waals surface area contributed by atoms with Gasteiger partial charge in [-0.2, -0.15) is 0 Å². The third-order valence-corrected chi connectivity index (χ3v) is 7.20. The van der Waals surface area contributed by atoms with Crippen LogP contribution in [0.15, 0.2) is 52.3 Å². The summed E-state index contributed by atoms with van der Waals surface area (Å²) in [5.74, 6) is -0.173. The van der Waals surface area contributed by atoms with E-state index in [4.69, 9.17) is 0 Å². The highest BCUT2D eigenvalue weighted by Crippen LogP contribution is 2.34. The van der Waals surface area contributed by atoms with Crippen LogP contribution in [0.2, 0.25) is 0 Å². The second-order valence-electron chi connectivity index (χ2n) is 8.04. The third-order valence-electron chi connectivity index (χ3n) is 5.74. The van der Waals surface area contributed by atoms with Crippen LogP contribution >= 0.6 is 27.3 Å². The predicted octanol–water partition coefficient (Wildman–Crippen LogP) is 5.92. The number of unbranched alkanes of at least 4 members (excludes halogenated alkanes) is 1. The lowest BCUT2D eigenvalue weighted by Crippen LogP contribution is -2.32. The summed E-state index contributed by atoms with van der Waals surface area (Å²) in [7, 11) is 0. The number of carbonyl (C=O) groups excluding carboxylic acids is 1. The van der Waals surface area contributed by atoms with Crippen LogP contribution in [-0.2, 0) is 0 Å². The van der Waals surface area contributed by atoms with Crippen LogP contribution in [0.3, 0.4) is 0 Å². The van der Waals surface area contributed by atoms with Gasteiger partial charge in [0.05, 0.1) is 5.69 Å². The van der Waals surface area contributed by atoms with E-state index in [0.717, 1.165) is 72.2 Å². The van der Waals surface area contributed by atoms with E-state index in [1.807, 2.05) is 30.3 Å². The summed E-state index contributed by atoms with van der Waals surface area (Å²) in [5.41, 5.74) is 2.01. The number of amides is 2. The molecule has 0 saturated carbocycles. The van der Waals surface area contributed by atoms with E-state index in [1.54, 1.807) is 23.5 Å². The summed E-state index contributed by atoms with van der Waals surface area (Å²) in [5, 5.41) is 9.08. The van der Waals surface area contributed by atoms with E-state index >= 15 is 0 Å². The van der Waals surface area contributed by atoms with E-state index in [-0.39, 0.29) is 11.8 Å². The molecule has 2 heterocycles. The minimum Gasteiger partial charge on any atom is -0.369 e. The fraction of sp³-hybridized carbons (Fsp3) is 0.375. The van der Waals surface area contributed by atoms with Gasteiger partial charge < -0.3 is 20.4 Å². The average molecular weight is 519 g/mol. The fourth-order valence-electron chi connectivity index (χ4n) is 4.04. The molecule has 32 heavy (non-hydrogen) atoms. The maximum Gasteiger partial charge on any atom is 0.319 e. The van der Waals surface area contributed by atoms with E-state index in [2.05, 4.69) is 41.7 Å². The molecular weight excluding hydrogens is 491 g/mol. The molecule has 0 aliphatic carbocycles. The minimum absolute atomic E-state index is 0.166. The third kappa shape index (κ3) is 6.21. The molecule has 1 aliphatic heterocycles. The number of nitrogens with zero attached hydrogens (tertiary/aromatic N) is 2. The zero-order chi connectivity index (χ0) is 22.3. The fourth-order valence-corrected chi connectivity index (χ4v) is 5.30. The number of urea groups is 1. The Labute approximate surface area is 200 Å². The molecule has 0 spiro atoms. The molecular formula is C24H28BrFN4OS. The number of hydrogen-bond acceptors (Lipinski definition) is 4. The molecule has 5 nitrogen and oxygen atoms in total. The Morgan fingerprint density at radius 1 is 1.06 bits per heavy atom. The van der Waals surface area contributed by atoms with Gasteiger partial charge in [0.2, 0.25) is 0 Å². The van der Waals surface area contributed by atoms with Gasteiger partial charge in [-0.25, -0.2) is 9.18 Å². The highest BCUT2D eigenvalue weighted by atomic mass is 79.9. The van der Waals surface area contributed by atoms with Crippen LogP contribution in [0.25, 0.3) is 10.1 Å². The summed E-state index contributed by atoms with van der Waals surface area (Å²) in [4.78, 5) is 16.9. The van der Waals surface area contributed by atoms with E-state index in [0.29, 0.717) is 6.54 Å². The van der Waals surface area contributed by atoms with Crippen LogP contribution in [0, 0.1) is 5.82 Å². The molecule has 1 aromatic heterocycles. The Hall–Kier alpha value is -2.16. The van der Waals surface area contributed by atoms with Gasteiger partial charge in [-0.15, -0.1) is 11.3 Å². The average Bonchev–Trinajstić information content (AvgIpc) is 3.05. The Morgan fingerprint density at radius 3 is 2.75 bits per heavy atom. The normalized spacial score (nSPS) is 15.0. The quantitative estimate of drug-likeness (QED) is 0.381. The number of benzene rings is 2. The molecule has 0 bridgehead atoms. The summed E-state index contributed by atoms with van der Waals surface area (Å²) >= 11 is 5.00. The van der Waals surface area contributed by atoms with Crippen LogP contribution in [0.1, 0.15) is 19.3 Å². The summed E-state index contributed by atoms with van der Waals surface area (Å²) in [6.45, 7) is 5.83. The number of fused-ring (bicyclic) bond motifs is 1. The standard InChI is InChI=1S/C24H28BrFN4OS/c25-18-4-7-20(8-5-18)28-24(31)27-10-1-2-11-29-12-3-13-30(15-14-29)22-17-32-23-16-19(26)6-9-21(22)23/h4-9,16-17H,1-3,10-15H2,(H2,27,28,31). The number of rotatable bonds is 7. The van der Waals surface area contributed by atoms with E-state index in [9.17, 15) is 9.18 Å². The van der Waals surface area contributed by atoms with Crippen LogP contribution in [0.5, 0.6) is 0 Å².